The number of hydrogen-bond donors (Lipinski definition) is 2. The first-order valence-electron chi connectivity index (χ1n) is 8.86. The number of anilines is 1. The first kappa shape index (κ1) is 21.3. The number of imide groups is 1. The molecule has 1 aliphatic rings. The number of nitro groups is 1. The summed E-state index contributed by atoms with van der Waals surface area (Å²) >= 11 is 4.19. The molecule has 0 aromatic heterocycles. The average molecular weight is 429 g/mol. The third kappa shape index (κ3) is 3.28. The van der Waals surface area contributed by atoms with Crippen LogP contribution in [-0.4, -0.2) is 29.8 Å². The number of hydrogen-bond acceptors (Lipinski definition) is 7. The largest absolute Gasteiger partial charge is 0.496 e. The summed E-state index contributed by atoms with van der Waals surface area (Å²) in [7, 11) is 1.40. The Morgan fingerprint density at radius 2 is 1.90 bits per heavy atom. The number of thiol groups is 1. The van der Waals surface area contributed by atoms with E-state index in [-0.39, 0.29) is 28.1 Å². The van der Waals surface area contributed by atoms with Crippen LogP contribution in [0.25, 0.3) is 0 Å². The van der Waals surface area contributed by atoms with Gasteiger partial charge in [0, 0.05) is 0 Å². The molecule has 0 spiro atoms. The van der Waals surface area contributed by atoms with Crippen LogP contribution in [-0.2, 0) is 10.2 Å². The van der Waals surface area contributed by atoms with E-state index < -0.39 is 33.7 Å². The second-order valence-electron chi connectivity index (χ2n) is 7.34. The summed E-state index contributed by atoms with van der Waals surface area (Å²) in [6.07, 6.45) is 0. The fraction of sp³-hybridized carbons (Fsp3) is 0.250. The first-order valence-corrected chi connectivity index (χ1v) is 9.26. The summed E-state index contributed by atoms with van der Waals surface area (Å²) < 4.78 is 6.03. The summed E-state index contributed by atoms with van der Waals surface area (Å²) in [4.78, 5) is 48.8. The molecule has 0 atom stereocenters. The lowest BCUT2D eigenvalue weighted by Crippen LogP contribution is -2.49. The van der Waals surface area contributed by atoms with Crippen molar-refractivity contribution in [2.45, 2.75) is 26.2 Å². The van der Waals surface area contributed by atoms with Gasteiger partial charge in [-0.25, -0.2) is 4.31 Å². The van der Waals surface area contributed by atoms with Crippen LogP contribution < -0.4 is 14.4 Å². The van der Waals surface area contributed by atoms with E-state index in [0.717, 1.165) is 9.87 Å². The quantitative estimate of drug-likeness (QED) is 0.334. The summed E-state index contributed by atoms with van der Waals surface area (Å²) in [6.45, 7) is 4.93. The van der Waals surface area contributed by atoms with Crippen LogP contribution in [0.3, 0.4) is 0 Å². The molecule has 156 valence electrons. The molecule has 0 radical (unpaired) electrons. The zero-order valence-electron chi connectivity index (χ0n) is 16.7. The van der Waals surface area contributed by atoms with Gasteiger partial charge in [0.05, 0.1) is 23.0 Å². The van der Waals surface area contributed by atoms with E-state index in [2.05, 4.69) is 18.1 Å². The van der Waals surface area contributed by atoms with Gasteiger partial charge in [-0.3, -0.25) is 29.8 Å². The highest BCUT2D eigenvalue weighted by Crippen LogP contribution is 2.42. The Hall–Kier alpha value is -3.40. The Morgan fingerprint density at radius 1 is 1.23 bits per heavy atom. The van der Waals surface area contributed by atoms with E-state index >= 15 is 0 Å². The number of fused-ring (bicyclic) bond motifs is 1. The number of methoxy groups -OCH3 is 1. The molecule has 2 aromatic rings. The van der Waals surface area contributed by atoms with Crippen LogP contribution in [0.15, 0.2) is 30.3 Å². The Labute approximate surface area is 177 Å². The maximum Gasteiger partial charge on any atom is 0.306 e. The van der Waals surface area contributed by atoms with E-state index in [1.54, 1.807) is 26.0 Å². The standard InChI is InChI=1S/C20H19N3O6S/c1-10-5-6-11(14(9-10)29-4)18(25)22(30)13-8-7-12-15(16(13)23(27)28)17(24)21-19(26)20(12,2)3/h5-9,30H,1-4H3,(H,21,24,26). The van der Waals surface area contributed by atoms with Crippen LogP contribution in [0.2, 0.25) is 0 Å². The fourth-order valence-electron chi connectivity index (χ4n) is 3.33. The van der Waals surface area contributed by atoms with Crippen LogP contribution in [0.4, 0.5) is 11.4 Å². The van der Waals surface area contributed by atoms with Gasteiger partial charge >= 0.3 is 5.69 Å². The van der Waals surface area contributed by atoms with Crippen molar-refractivity contribution in [2.75, 3.05) is 11.4 Å². The number of carbonyl (C=O) groups is 3. The summed E-state index contributed by atoms with van der Waals surface area (Å²) in [5.74, 6) is -1.86. The molecule has 0 aliphatic carbocycles. The Kier molecular flexibility index (Phi) is 5.29. The minimum atomic E-state index is -1.17. The number of nitrogens with zero attached hydrogens (tertiary/aromatic N) is 2. The monoisotopic (exact) mass is 429 g/mol. The number of carbonyl (C=O) groups excluding carboxylic acids is 3. The number of rotatable bonds is 4. The van der Waals surface area contributed by atoms with Gasteiger partial charge in [-0.2, -0.15) is 0 Å². The van der Waals surface area contributed by atoms with Gasteiger partial charge in [0.15, 0.2) is 0 Å². The van der Waals surface area contributed by atoms with Crippen molar-refractivity contribution in [2.24, 2.45) is 0 Å². The summed E-state index contributed by atoms with van der Waals surface area (Å²) in [5, 5.41) is 14.0. The highest BCUT2D eigenvalue weighted by atomic mass is 32.1. The minimum absolute atomic E-state index is 0.144. The maximum absolute atomic E-state index is 13.0. The highest BCUT2D eigenvalue weighted by Gasteiger charge is 2.44. The average Bonchev–Trinajstić information content (AvgIpc) is 2.70. The molecular weight excluding hydrogens is 410 g/mol. The number of amides is 3. The van der Waals surface area contributed by atoms with Crippen LogP contribution >= 0.6 is 12.8 Å². The molecular formula is C20H19N3O6S. The Balaban J connectivity index is 2.19. The van der Waals surface area contributed by atoms with Crippen LogP contribution in [0, 0.1) is 17.0 Å². The molecule has 0 bridgehead atoms. The molecule has 0 saturated carbocycles. The highest BCUT2D eigenvalue weighted by molar-refractivity contribution is 7.82. The van der Waals surface area contributed by atoms with E-state index in [4.69, 9.17) is 4.74 Å². The molecule has 0 fully saturated rings. The molecule has 3 amide bonds. The lowest BCUT2D eigenvalue weighted by molar-refractivity contribution is -0.384. The molecule has 1 aliphatic heterocycles. The zero-order valence-corrected chi connectivity index (χ0v) is 17.6. The zero-order chi connectivity index (χ0) is 22.4. The van der Waals surface area contributed by atoms with E-state index in [1.165, 1.54) is 25.3 Å². The van der Waals surface area contributed by atoms with Gasteiger partial charge in [0.25, 0.3) is 11.8 Å². The normalized spacial score (nSPS) is 14.6. The van der Waals surface area contributed by atoms with Gasteiger partial charge in [0.1, 0.15) is 17.0 Å². The maximum atomic E-state index is 13.0. The molecule has 2 aromatic carbocycles. The molecule has 3 rings (SSSR count). The van der Waals surface area contributed by atoms with Crippen molar-refractivity contribution in [3.8, 4) is 5.75 Å². The van der Waals surface area contributed by atoms with E-state index in [0.29, 0.717) is 0 Å². The second kappa shape index (κ2) is 7.45. The Morgan fingerprint density at radius 3 is 2.50 bits per heavy atom. The van der Waals surface area contributed by atoms with Crippen LogP contribution in [0.1, 0.15) is 45.7 Å². The van der Waals surface area contributed by atoms with Gasteiger partial charge in [0.2, 0.25) is 5.91 Å². The van der Waals surface area contributed by atoms with Gasteiger partial charge in [-0.15, -0.1) is 0 Å². The summed E-state index contributed by atoms with van der Waals surface area (Å²) in [6, 6.07) is 7.60. The van der Waals surface area contributed by atoms with Crippen LogP contribution in [0.5, 0.6) is 5.75 Å². The number of ether oxygens (including phenoxy) is 1. The van der Waals surface area contributed by atoms with Crippen molar-refractivity contribution < 1.29 is 24.0 Å². The number of nitro benzene ring substituents is 1. The predicted octanol–water partition coefficient (Wildman–Crippen LogP) is 2.95. The molecule has 9 nitrogen and oxygen atoms in total. The van der Waals surface area contributed by atoms with Crippen molar-refractivity contribution in [1.29, 1.82) is 0 Å². The topological polar surface area (TPSA) is 119 Å². The fourth-order valence-corrected chi connectivity index (χ4v) is 3.60. The molecule has 0 saturated heterocycles. The van der Waals surface area contributed by atoms with Crippen molar-refractivity contribution in [3.63, 3.8) is 0 Å². The molecule has 1 N–H and O–H groups in total. The molecule has 10 heteroatoms. The lowest BCUT2D eigenvalue weighted by Gasteiger charge is -2.31. The number of aryl methyl sites for hydroxylation is 1. The smallest absolute Gasteiger partial charge is 0.306 e. The first-order chi connectivity index (χ1) is 14.0. The van der Waals surface area contributed by atoms with E-state index in [1.807, 2.05) is 6.92 Å². The van der Waals surface area contributed by atoms with E-state index in [9.17, 15) is 24.5 Å². The number of nitrogens with one attached hydrogen (secondary N) is 1. The Bertz CT molecular complexity index is 1110. The molecule has 1 heterocycles. The number of benzene rings is 2. The molecule has 0 unspecified atom stereocenters. The third-order valence-corrected chi connectivity index (χ3v) is 5.44. The SMILES string of the molecule is COc1cc(C)ccc1C(=O)N(S)c1ccc2c(c1[N+](=O)[O-])C(=O)NC(=O)C2(C)C. The minimum Gasteiger partial charge on any atom is -0.496 e. The van der Waals surface area contributed by atoms with Gasteiger partial charge in [-0.05, 0) is 50.1 Å². The second-order valence-corrected chi connectivity index (χ2v) is 7.74. The van der Waals surface area contributed by atoms with Crippen molar-refractivity contribution in [3.05, 3.63) is 62.7 Å². The lowest BCUT2D eigenvalue weighted by atomic mass is 9.77. The predicted molar refractivity (Wildman–Crippen MR) is 112 cm³/mol. The van der Waals surface area contributed by atoms with Gasteiger partial charge < -0.3 is 4.74 Å². The van der Waals surface area contributed by atoms with Crippen molar-refractivity contribution in [1.82, 2.24) is 5.32 Å². The summed E-state index contributed by atoms with van der Waals surface area (Å²) in [5.41, 5.74) is -1.05. The third-order valence-electron chi connectivity index (χ3n) is 5.04. The van der Waals surface area contributed by atoms with Crippen molar-refractivity contribution >= 4 is 41.9 Å². The molecule has 30 heavy (non-hydrogen) atoms. The van der Waals surface area contributed by atoms with Gasteiger partial charge in [-0.1, -0.05) is 24.9 Å².